The number of esters is 1. The van der Waals surface area contributed by atoms with Crippen molar-refractivity contribution in [2.75, 3.05) is 32.8 Å². The van der Waals surface area contributed by atoms with Crippen molar-refractivity contribution in [1.29, 1.82) is 0 Å². The second-order valence-electron chi connectivity index (χ2n) is 11.1. The van der Waals surface area contributed by atoms with Gasteiger partial charge in [-0.1, -0.05) is 56.9 Å². The molecule has 0 aromatic heterocycles. The van der Waals surface area contributed by atoms with Crippen LogP contribution in [-0.2, 0) is 19.1 Å². The van der Waals surface area contributed by atoms with Crippen LogP contribution in [0.15, 0.2) is 24.3 Å². The Bertz CT molecular complexity index is 907. The van der Waals surface area contributed by atoms with Crippen molar-refractivity contribution >= 4 is 29.5 Å². The lowest BCUT2D eigenvalue weighted by atomic mass is 9.74. The molecule has 1 spiro atoms. The van der Waals surface area contributed by atoms with Crippen LogP contribution >= 0.6 is 11.8 Å². The summed E-state index contributed by atoms with van der Waals surface area (Å²) in [4.78, 5) is 45.7. The van der Waals surface area contributed by atoms with Crippen LogP contribution in [0.1, 0.15) is 78.1 Å². The van der Waals surface area contributed by atoms with Gasteiger partial charge in [-0.05, 0) is 45.4 Å². The Morgan fingerprint density at radius 3 is 2.54 bits per heavy atom. The van der Waals surface area contributed by atoms with E-state index in [1.54, 1.807) is 16.7 Å². The molecule has 7 nitrogen and oxygen atoms in total. The number of hydrogen-bond donors (Lipinski definition) is 1. The van der Waals surface area contributed by atoms with Crippen LogP contribution in [0.4, 0.5) is 0 Å². The van der Waals surface area contributed by atoms with E-state index in [0.717, 1.165) is 64.2 Å². The molecule has 4 aliphatic heterocycles. The number of carbonyl (C=O) groups is 3. The molecular formula is C29H44N2O5S. The van der Waals surface area contributed by atoms with Gasteiger partial charge in [0.2, 0.25) is 11.8 Å². The summed E-state index contributed by atoms with van der Waals surface area (Å²) >= 11 is 1.63. The van der Waals surface area contributed by atoms with Crippen molar-refractivity contribution < 1.29 is 24.2 Å². The van der Waals surface area contributed by atoms with Crippen molar-refractivity contribution in [3.63, 3.8) is 0 Å². The summed E-state index contributed by atoms with van der Waals surface area (Å²) < 4.78 is 4.32. The van der Waals surface area contributed by atoms with Crippen LogP contribution in [0.25, 0.3) is 0 Å². The first kappa shape index (κ1) is 28.2. The number of amides is 2. The van der Waals surface area contributed by atoms with Crippen molar-refractivity contribution in [1.82, 2.24) is 9.80 Å². The van der Waals surface area contributed by atoms with Crippen LogP contribution in [0.3, 0.4) is 0 Å². The van der Waals surface area contributed by atoms with Crippen molar-refractivity contribution in [2.45, 2.75) is 93.6 Å². The van der Waals surface area contributed by atoms with E-state index in [-0.39, 0.29) is 24.4 Å². The van der Waals surface area contributed by atoms with Gasteiger partial charge in [0.1, 0.15) is 6.04 Å². The van der Waals surface area contributed by atoms with E-state index in [0.29, 0.717) is 26.2 Å². The number of hydrogen-bond acceptors (Lipinski definition) is 6. The molecular weight excluding hydrogens is 488 g/mol. The van der Waals surface area contributed by atoms with Crippen LogP contribution in [0.5, 0.6) is 0 Å². The van der Waals surface area contributed by atoms with Gasteiger partial charge in [0.05, 0.1) is 23.2 Å². The molecule has 37 heavy (non-hydrogen) atoms. The number of ether oxygens (including phenoxy) is 1. The van der Waals surface area contributed by atoms with Gasteiger partial charge in [0.25, 0.3) is 0 Å². The number of aliphatic hydroxyl groups excluding tert-OH is 1. The summed E-state index contributed by atoms with van der Waals surface area (Å²) in [7, 11) is 0. The Kier molecular flexibility index (Phi) is 9.43. The van der Waals surface area contributed by atoms with Crippen LogP contribution < -0.4 is 0 Å². The summed E-state index contributed by atoms with van der Waals surface area (Å²) in [6.07, 6.45) is 17.4. The summed E-state index contributed by atoms with van der Waals surface area (Å²) in [6.45, 7) is 6.44. The Hall–Kier alpha value is -1.80. The molecule has 0 bridgehead atoms. The lowest BCUT2D eigenvalue weighted by molar-refractivity contribution is -0.154. The number of fused-ring (bicyclic) bond motifs is 2. The number of nitrogens with zero attached hydrogens (tertiary/aromatic N) is 2. The molecule has 4 heterocycles. The fraction of sp³-hybridized carbons (Fsp3) is 0.759. The molecule has 0 saturated carbocycles. The number of thioether (sulfide) groups is 1. The molecule has 2 fully saturated rings. The summed E-state index contributed by atoms with van der Waals surface area (Å²) in [5.41, 5.74) is 0. The van der Waals surface area contributed by atoms with E-state index in [9.17, 15) is 14.4 Å². The minimum Gasteiger partial charge on any atom is -0.465 e. The van der Waals surface area contributed by atoms with E-state index in [1.807, 2.05) is 11.8 Å². The highest BCUT2D eigenvalue weighted by atomic mass is 32.2. The Balaban J connectivity index is 1.71. The molecule has 206 valence electrons. The van der Waals surface area contributed by atoms with E-state index in [4.69, 9.17) is 9.84 Å². The highest BCUT2D eigenvalue weighted by molar-refractivity contribution is 8.02. The molecule has 4 rings (SSSR count). The van der Waals surface area contributed by atoms with Crippen molar-refractivity contribution in [3.8, 4) is 0 Å². The predicted molar refractivity (Wildman–Crippen MR) is 146 cm³/mol. The quantitative estimate of drug-likeness (QED) is 0.259. The van der Waals surface area contributed by atoms with Gasteiger partial charge in [0.15, 0.2) is 0 Å². The third-order valence-electron chi connectivity index (χ3n) is 8.42. The highest BCUT2D eigenvalue weighted by Gasteiger charge is 2.73. The highest BCUT2D eigenvalue weighted by Crippen LogP contribution is 2.65. The minimum absolute atomic E-state index is 0.00414. The monoisotopic (exact) mass is 532 g/mol. The second kappa shape index (κ2) is 12.4. The van der Waals surface area contributed by atoms with E-state index >= 15 is 0 Å². The Morgan fingerprint density at radius 1 is 0.973 bits per heavy atom. The molecule has 2 amide bonds. The molecule has 5 atom stereocenters. The largest absolute Gasteiger partial charge is 0.465 e. The first-order valence-corrected chi connectivity index (χ1v) is 15.1. The lowest BCUT2D eigenvalue weighted by Crippen LogP contribution is -2.53. The van der Waals surface area contributed by atoms with Gasteiger partial charge < -0.3 is 19.6 Å². The van der Waals surface area contributed by atoms with E-state index < -0.39 is 27.4 Å². The number of carbonyl (C=O) groups excluding carboxylic acids is 3. The van der Waals surface area contributed by atoms with Crippen LogP contribution in [-0.4, -0.2) is 81.1 Å². The lowest BCUT2D eigenvalue weighted by Gasteiger charge is -2.37. The summed E-state index contributed by atoms with van der Waals surface area (Å²) in [6, 6.07) is -0.621. The number of likely N-dealkylation sites (tertiary alicyclic amines) is 1. The molecule has 0 radical (unpaired) electrons. The molecule has 4 aliphatic rings. The maximum atomic E-state index is 14.2. The summed E-state index contributed by atoms with van der Waals surface area (Å²) in [5.74, 6) is -1.67. The molecule has 1 N–H and O–H groups in total. The standard InChI is InChI=1S/C29H44N2O5S/c1-3-4-10-17-30-18-14-16-29-22(23-27(35)36-21-13-8-5-9-15-28(23,2)37-29)25(33)31(24(29)26(30)34)19-11-6-7-12-20-32/h9,14-16,22-24,32H,3-8,10-13,17-21H2,1-2H3/b15-9-/t22-,23+,24?,28-,29-/m0/s1. The van der Waals surface area contributed by atoms with Crippen LogP contribution in [0.2, 0.25) is 0 Å². The zero-order chi connectivity index (χ0) is 26.5. The second-order valence-corrected chi connectivity index (χ2v) is 12.9. The first-order chi connectivity index (χ1) is 17.9. The topological polar surface area (TPSA) is 87.2 Å². The zero-order valence-corrected chi connectivity index (χ0v) is 23.3. The van der Waals surface area contributed by atoms with Gasteiger partial charge in [-0.3, -0.25) is 14.4 Å². The van der Waals surface area contributed by atoms with Gasteiger partial charge in [-0.15, -0.1) is 11.8 Å². The number of allylic oxidation sites excluding steroid dienone is 1. The molecule has 2 saturated heterocycles. The SMILES string of the molecule is CCCCCN1CC=C[C@]23S[C@@]4(C)/C=C\CCCCOC(=O)[C@H]4[C@H]2C(=O)N(CCCCCCO)C3C1=O. The van der Waals surface area contributed by atoms with Gasteiger partial charge in [-0.2, -0.15) is 0 Å². The molecule has 8 heteroatoms. The van der Waals surface area contributed by atoms with Crippen molar-refractivity contribution in [2.24, 2.45) is 11.8 Å². The maximum absolute atomic E-state index is 14.2. The van der Waals surface area contributed by atoms with Gasteiger partial charge >= 0.3 is 5.97 Å². The fourth-order valence-electron chi connectivity index (χ4n) is 6.59. The van der Waals surface area contributed by atoms with E-state index in [2.05, 4.69) is 31.2 Å². The Labute approximate surface area is 226 Å². The average Bonchev–Trinajstić information content (AvgIpc) is 3.20. The molecule has 0 aromatic rings. The number of unbranched alkanes of at least 4 members (excludes halogenated alkanes) is 5. The number of aliphatic hydroxyl groups is 1. The summed E-state index contributed by atoms with van der Waals surface area (Å²) in [5, 5.41) is 9.13. The fourth-order valence-corrected chi connectivity index (χ4v) is 8.74. The molecule has 0 aromatic carbocycles. The maximum Gasteiger partial charge on any atom is 0.311 e. The van der Waals surface area contributed by atoms with Gasteiger partial charge in [0, 0.05) is 31.0 Å². The minimum atomic E-state index is -0.796. The molecule has 1 unspecified atom stereocenters. The number of cyclic esters (lactones) is 1. The molecule has 0 aliphatic carbocycles. The zero-order valence-electron chi connectivity index (χ0n) is 22.5. The Morgan fingerprint density at radius 2 is 1.76 bits per heavy atom. The van der Waals surface area contributed by atoms with Gasteiger partial charge in [-0.25, -0.2) is 0 Å². The average molecular weight is 533 g/mol. The predicted octanol–water partition coefficient (Wildman–Crippen LogP) is 4.10. The smallest absolute Gasteiger partial charge is 0.311 e. The van der Waals surface area contributed by atoms with Crippen LogP contribution in [0, 0.1) is 11.8 Å². The van der Waals surface area contributed by atoms with E-state index in [1.165, 1.54) is 0 Å². The first-order valence-electron chi connectivity index (χ1n) is 14.3. The number of rotatable bonds is 10. The third-order valence-corrected chi connectivity index (χ3v) is 10.2. The third kappa shape index (κ3) is 5.51. The van der Waals surface area contributed by atoms with Crippen molar-refractivity contribution in [3.05, 3.63) is 24.3 Å². The normalized spacial score (nSPS) is 34.6.